The Morgan fingerprint density at radius 3 is 2.68 bits per heavy atom. The van der Waals surface area contributed by atoms with Crippen LogP contribution in [-0.4, -0.2) is 17.3 Å². The Balaban J connectivity index is 1.87. The number of ether oxygens (including phenoxy) is 1. The maximum absolute atomic E-state index is 6.24. The summed E-state index contributed by atoms with van der Waals surface area (Å²) in [6.07, 6.45) is 7.32. The first-order valence-corrected chi connectivity index (χ1v) is 7.27. The maximum Gasteiger partial charge on any atom is 0.246 e. The highest BCUT2D eigenvalue weighted by Gasteiger charge is 2.44. The van der Waals surface area contributed by atoms with Gasteiger partial charge in [0.05, 0.1) is 5.54 Å². The van der Waals surface area contributed by atoms with Crippen molar-refractivity contribution in [1.82, 2.24) is 10.1 Å². The second-order valence-electron chi connectivity index (χ2n) is 6.33. The van der Waals surface area contributed by atoms with Crippen molar-refractivity contribution in [1.29, 1.82) is 0 Å². The van der Waals surface area contributed by atoms with E-state index in [9.17, 15) is 0 Å². The van der Waals surface area contributed by atoms with E-state index in [2.05, 4.69) is 17.1 Å². The van der Waals surface area contributed by atoms with Gasteiger partial charge in [-0.2, -0.15) is 4.98 Å². The molecule has 0 radical (unpaired) electrons. The van der Waals surface area contributed by atoms with Crippen LogP contribution in [0.25, 0.3) is 0 Å². The third kappa shape index (κ3) is 2.09. The van der Waals surface area contributed by atoms with Crippen LogP contribution in [0, 0.1) is 5.92 Å². The molecule has 0 aromatic carbocycles. The molecule has 1 aromatic heterocycles. The van der Waals surface area contributed by atoms with Gasteiger partial charge in [0, 0.05) is 7.11 Å². The molecule has 2 N–H and O–H groups in total. The average Bonchev–Trinajstić information content (AvgIpc) is 2.86. The number of rotatable bonds is 3. The molecule has 2 aliphatic rings. The minimum atomic E-state index is -0.388. The lowest BCUT2D eigenvalue weighted by atomic mass is 9.77. The fourth-order valence-corrected chi connectivity index (χ4v) is 3.37. The van der Waals surface area contributed by atoms with Gasteiger partial charge in [-0.25, -0.2) is 0 Å². The van der Waals surface area contributed by atoms with Crippen LogP contribution in [0.15, 0.2) is 4.52 Å². The highest BCUT2D eigenvalue weighted by molar-refractivity contribution is 5.11. The number of hydrogen-bond acceptors (Lipinski definition) is 5. The topological polar surface area (TPSA) is 74.2 Å². The Labute approximate surface area is 113 Å². The standard InChI is InChI=1S/C14H23N3O2/c1-10-5-3-8-14(9-10,18-2)11-16-12(19-17-11)13(15)6-4-7-13/h10H,3-9,15H2,1-2H3. The van der Waals surface area contributed by atoms with Gasteiger partial charge in [-0.15, -0.1) is 0 Å². The largest absolute Gasteiger partial charge is 0.370 e. The normalized spacial score (nSPS) is 33.9. The lowest BCUT2D eigenvalue weighted by Crippen LogP contribution is -2.44. The first-order chi connectivity index (χ1) is 9.08. The number of hydrogen-bond donors (Lipinski definition) is 1. The summed E-state index contributed by atoms with van der Waals surface area (Å²) in [6, 6.07) is 0. The monoisotopic (exact) mass is 265 g/mol. The van der Waals surface area contributed by atoms with Crippen molar-refractivity contribution < 1.29 is 9.26 Å². The lowest BCUT2D eigenvalue weighted by Gasteiger charge is -2.36. The highest BCUT2D eigenvalue weighted by Crippen LogP contribution is 2.43. The molecule has 2 fully saturated rings. The van der Waals surface area contributed by atoms with E-state index in [-0.39, 0.29) is 11.1 Å². The molecular formula is C14H23N3O2. The van der Waals surface area contributed by atoms with Crippen molar-refractivity contribution in [2.75, 3.05) is 7.11 Å². The number of nitrogens with two attached hydrogens (primary N) is 1. The summed E-state index contributed by atoms with van der Waals surface area (Å²) < 4.78 is 11.2. The fraction of sp³-hybridized carbons (Fsp3) is 0.857. The van der Waals surface area contributed by atoms with Crippen molar-refractivity contribution in [3.8, 4) is 0 Å². The summed E-state index contributed by atoms with van der Waals surface area (Å²) in [5.74, 6) is 1.91. The van der Waals surface area contributed by atoms with Gasteiger partial charge in [0.1, 0.15) is 5.60 Å². The van der Waals surface area contributed by atoms with Crippen molar-refractivity contribution >= 4 is 0 Å². The van der Waals surface area contributed by atoms with Gasteiger partial charge in [-0.3, -0.25) is 0 Å². The quantitative estimate of drug-likeness (QED) is 0.908. The molecule has 106 valence electrons. The zero-order valence-electron chi connectivity index (χ0n) is 11.8. The zero-order chi connectivity index (χ0) is 13.5. The zero-order valence-corrected chi connectivity index (χ0v) is 11.8. The lowest BCUT2D eigenvalue weighted by molar-refractivity contribution is -0.0658. The molecule has 2 aliphatic carbocycles. The molecule has 0 saturated heterocycles. The third-order valence-corrected chi connectivity index (χ3v) is 4.85. The van der Waals surface area contributed by atoms with Gasteiger partial charge in [0.15, 0.2) is 0 Å². The predicted octanol–water partition coefficient (Wildman–Crippen LogP) is 2.46. The Morgan fingerprint density at radius 2 is 2.11 bits per heavy atom. The smallest absolute Gasteiger partial charge is 0.246 e. The van der Waals surface area contributed by atoms with Crippen LogP contribution in [-0.2, 0) is 15.9 Å². The molecule has 1 heterocycles. The van der Waals surface area contributed by atoms with E-state index in [4.69, 9.17) is 15.0 Å². The molecule has 0 aliphatic heterocycles. The van der Waals surface area contributed by atoms with Crippen molar-refractivity contribution in [3.05, 3.63) is 11.7 Å². The molecule has 1 aromatic rings. The van der Waals surface area contributed by atoms with E-state index >= 15 is 0 Å². The Morgan fingerprint density at radius 1 is 1.32 bits per heavy atom. The molecule has 2 saturated carbocycles. The Bertz CT molecular complexity index is 455. The van der Waals surface area contributed by atoms with E-state index < -0.39 is 0 Å². The van der Waals surface area contributed by atoms with Gasteiger partial charge in [0.2, 0.25) is 11.7 Å². The van der Waals surface area contributed by atoms with Gasteiger partial charge < -0.3 is 15.0 Å². The minimum absolute atomic E-state index is 0.375. The SMILES string of the molecule is COC1(c2noc(C3(N)CCC3)n2)CCCC(C)C1. The number of methoxy groups -OCH3 is 1. The van der Waals surface area contributed by atoms with Crippen LogP contribution >= 0.6 is 0 Å². The summed E-state index contributed by atoms with van der Waals surface area (Å²) in [5, 5.41) is 4.17. The van der Waals surface area contributed by atoms with Crippen molar-refractivity contribution in [2.24, 2.45) is 11.7 Å². The van der Waals surface area contributed by atoms with E-state index in [1.165, 1.54) is 6.42 Å². The molecule has 0 spiro atoms. The fourth-order valence-electron chi connectivity index (χ4n) is 3.37. The summed E-state index contributed by atoms with van der Waals surface area (Å²) in [5.41, 5.74) is 5.48. The van der Waals surface area contributed by atoms with Crippen LogP contribution in [0.2, 0.25) is 0 Å². The molecule has 5 nitrogen and oxygen atoms in total. The first-order valence-electron chi connectivity index (χ1n) is 7.27. The van der Waals surface area contributed by atoms with E-state index in [0.717, 1.165) is 38.5 Å². The second-order valence-corrected chi connectivity index (χ2v) is 6.33. The van der Waals surface area contributed by atoms with Gasteiger partial charge >= 0.3 is 0 Å². The number of aromatic nitrogens is 2. The van der Waals surface area contributed by atoms with Gasteiger partial charge in [-0.05, 0) is 44.4 Å². The molecule has 2 atom stereocenters. The van der Waals surface area contributed by atoms with Crippen molar-refractivity contribution in [2.45, 2.75) is 63.0 Å². The molecule has 19 heavy (non-hydrogen) atoms. The third-order valence-electron chi connectivity index (χ3n) is 4.85. The second kappa shape index (κ2) is 4.56. The van der Waals surface area contributed by atoms with Gasteiger partial charge in [0.25, 0.3) is 0 Å². The van der Waals surface area contributed by atoms with Crippen LogP contribution < -0.4 is 5.73 Å². The maximum atomic E-state index is 6.24. The number of nitrogens with zero attached hydrogens (tertiary/aromatic N) is 2. The average molecular weight is 265 g/mol. The summed E-state index contributed by atoms with van der Waals surface area (Å²) in [6.45, 7) is 2.25. The van der Waals surface area contributed by atoms with E-state index in [1.54, 1.807) is 7.11 Å². The van der Waals surface area contributed by atoms with E-state index in [1.807, 2.05) is 0 Å². The summed E-state index contributed by atoms with van der Waals surface area (Å²) >= 11 is 0. The predicted molar refractivity (Wildman–Crippen MR) is 70.3 cm³/mol. The van der Waals surface area contributed by atoms with Crippen LogP contribution in [0.4, 0.5) is 0 Å². The highest BCUT2D eigenvalue weighted by atomic mass is 16.5. The summed E-state index contributed by atoms with van der Waals surface area (Å²) in [4.78, 5) is 4.58. The minimum Gasteiger partial charge on any atom is -0.370 e. The van der Waals surface area contributed by atoms with Crippen LogP contribution in [0.1, 0.15) is 63.6 Å². The summed E-state index contributed by atoms with van der Waals surface area (Å²) in [7, 11) is 1.75. The Hall–Kier alpha value is -0.940. The first kappa shape index (κ1) is 13.1. The van der Waals surface area contributed by atoms with Crippen molar-refractivity contribution in [3.63, 3.8) is 0 Å². The van der Waals surface area contributed by atoms with Crippen LogP contribution in [0.5, 0.6) is 0 Å². The molecule has 0 bridgehead atoms. The molecular weight excluding hydrogens is 242 g/mol. The molecule has 5 heteroatoms. The molecule has 0 amide bonds. The molecule has 3 rings (SSSR count). The van der Waals surface area contributed by atoms with Gasteiger partial charge in [-0.1, -0.05) is 18.5 Å². The Kier molecular flexibility index (Phi) is 3.14. The van der Waals surface area contributed by atoms with E-state index in [0.29, 0.717) is 17.6 Å². The van der Waals surface area contributed by atoms with Crippen LogP contribution in [0.3, 0.4) is 0 Å². The molecule has 2 unspecified atom stereocenters.